The number of amides is 1. The number of hydrogen-bond acceptors (Lipinski definition) is 5. The van der Waals surface area contributed by atoms with E-state index in [2.05, 4.69) is 16.8 Å². The lowest BCUT2D eigenvalue weighted by Gasteiger charge is -2.32. The number of likely N-dealkylation sites (N-methyl/N-ethyl adjacent to an activating group) is 2. The van der Waals surface area contributed by atoms with Gasteiger partial charge < -0.3 is 9.80 Å². The molecular formula is C14H20N4O3. The van der Waals surface area contributed by atoms with Gasteiger partial charge in [-0.15, -0.1) is 0 Å². The lowest BCUT2D eigenvalue weighted by atomic mass is 10.2. The summed E-state index contributed by atoms with van der Waals surface area (Å²) >= 11 is 0. The van der Waals surface area contributed by atoms with E-state index in [1.165, 1.54) is 17.0 Å². The molecule has 0 bridgehead atoms. The molecule has 2 rings (SSSR count). The zero-order chi connectivity index (χ0) is 15.4. The average molecular weight is 292 g/mol. The largest absolute Gasteiger partial charge is 0.314 e. The van der Waals surface area contributed by atoms with E-state index >= 15 is 0 Å². The molecule has 114 valence electrons. The second kappa shape index (κ2) is 6.64. The zero-order valence-corrected chi connectivity index (χ0v) is 12.4. The van der Waals surface area contributed by atoms with E-state index in [1.807, 2.05) is 0 Å². The Morgan fingerprint density at radius 2 is 2.00 bits per heavy atom. The monoisotopic (exact) mass is 292 g/mol. The fourth-order valence-corrected chi connectivity index (χ4v) is 2.26. The van der Waals surface area contributed by atoms with Crippen molar-refractivity contribution in [2.24, 2.45) is 0 Å². The lowest BCUT2D eigenvalue weighted by molar-refractivity contribution is -0.384. The van der Waals surface area contributed by atoms with Gasteiger partial charge in [0.25, 0.3) is 5.69 Å². The first-order valence-corrected chi connectivity index (χ1v) is 6.89. The summed E-state index contributed by atoms with van der Waals surface area (Å²) in [4.78, 5) is 28.4. The number of carbonyl (C=O) groups is 1. The fourth-order valence-electron chi connectivity index (χ4n) is 2.26. The molecule has 0 aliphatic carbocycles. The Hall–Kier alpha value is -1.99. The van der Waals surface area contributed by atoms with Crippen molar-refractivity contribution in [1.29, 1.82) is 0 Å². The number of non-ortho nitro benzene ring substituents is 1. The van der Waals surface area contributed by atoms with Crippen LogP contribution in [-0.4, -0.2) is 67.4 Å². The summed E-state index contributed by atoms with van der Waals surface area (Å²) in [6.45, 7) is 3.98. The van der Waals surface area contributed by atoms with Crippen molar-refractivity contribution >= 4 is 17.3 Å². The highest BCUT2D eigenvalue weighted by Crippen LogP contribution is 2.20. The number of nitrogens with zero attached hydrogens (tertiary/aromatic N) is 4. The van der Waals surface area contributed by atoms with E-state index < -0.39 is 4.92 Å². The lowest BCUT2D eigenvalue weighted by Crippen LogP contribution is -2.48. The van der Waals surface area contributed by atoms with Gasteiger partial charge in [0.2, 0.25) is 5.91 Å². The van der Waals surface area contributed by atoms with Crippen molar-refractivity contribution in [3.05, 3.63) is 34.4 Å². The minimum atomic E-state index is -0.456. The summed E-state index contributed by atoms with van der Waals surface area (Å²) in [6.07, 6.45) is 0. The molecule has 0 unspecified atom stereocenters. The van der Waals surface area contributed by atoms with E-state index in [0.29, 0.717) is 12.2 Å². The molecule has 7 nitrogen and oxygen atoms in total. The smallest absolute Gasteiger partial charge is 0.271 e. The highest BCUT2D eigenvalue weighted by Gasteiger charge is 2.20. The van der Waals surface area contributed by atoms with Crippen molar-refractivity contribution < 1.29 is 9.72 Å². The molecule has 1 aliphatic rings. The van der Waals surface area contributed by atoms with Crippen LogP contribution in [0.25, 0.3) is 0 Å². The predicted octanol–water partition coefficient (Wildman–Crippen LogP) is 0.805. The number of anilines is 1. The van der Waals surface area contributed by atoms with Crippen LogP contribution in [-0.2, 0) is 4.79 Å². The van der Waals surface area contributed by atoms with Crippen LogP contribution in [0.3, 0.4) is 0 Å². The fraction of sp³-hybridized carbons (Fsp3) is 0.500. The molecule has 1 amide bonds. The molecule has 0 N–H and O–H groups in total. The Bertz CT molecular complexity index is 527. The first-order valence-electron chi connectivity index (χ1n) is 6.89. The molecule has 0 saturated carbocycles. The number of nitro groups is 1. The first-order chi connectivity index (χ1) is 9.97. The normalized spacial score (nSPS) is 16.7. The predicted molar refractivity (Wildman–Crippen MR) is 80.4 cm³/mol. The van der Waals surface area contributed by atoms with Crippen LogP contribution in [0, 0.1) is 10.1 Å². The van der Waals surface area contributed by atoms with Gasteiger partial charge in [0.15, 0.2) is 0 Å². The Labute approximate surface area is 123 Å². The van der Waals surface area contributed by atoms with Crippen molar-refractivity contribution in [3.8, 4) is 0 Å². The Morgan fingerprint density at radius 1 is 1.33 bits per heavy atom. The van der Waals surface area contributed by atoms with Crippen molar-refractivity contribution in [2.75, 3.05) is 51.7 Å². The van der Waals surface area contributed by atoms with E-state index in [-0.39, 0.29) is 11.6 Å². The molecule has 1 saturated heterocycles. The summed E-state index contributed by atoms with van der Waals surface area (Å²) in [5.41, 5.74) is 0.537. The van der Waals surface area contributed by atoms with Crippen LogP contribution in [0.5, 0.6) is 0 Å². The highest BCUT2D eigenvalue weighted by molar-refractivity contribution is 5.94. The molecule has 1 aromatic carbocycles. The molecular weight excluding hydrogens is 272 g/mol. The van der Waals surface area contributed by atoms with Gasteiger partial charge in [-0.3, -0.25) is 19.8 Å². The molecule has 1 heterocycles. The molecule has 0 radical (unpaired) electrons. The third-order valence-corrected chi connectivity index (χ3v) is 3.76. The summed E-state index contributed by atoms with van der Waals surface area (Å²) in [5.74, 6) is -0.0555. The summed E-state index contributed by atoms with van der Waals surface area (Å²) in [6, 6.07) is 6.13. The van der Waals surface area contributed by atoms with Gasteiger partial charge in [-0.2, -0.15) is 0 Å². The molecule has 1 aliphatic heterocycles. The van der Waals surface area contributed by atoms with Gasteiger partial charge in [-0.05, 0) is 13.1 Å². The van der Waals surface area contributed by atoms with Crippen LogP contribution < -0.4 is 4.90 Å². The second-order valence-electron chi connectivity index (χ2n) is 5.31. The maximum absolute atomic E-state index is 12.3. The topological polar surface area (TPSA) is 69.9 Å². The Morgan fingerprint density at radius 3 is 2.62 bits per heavy atom. The molecule has 0 spiro atoms. The van der Waals surface area contributed by atoms with Crippen molar-refractivity contribution in [2.45, 2.75) is 0 Å². The van der Waals surface area contributed by atoms with Gasteiger partial charge >= 0.3 is 0 Å². The van der Waals surface area contributed by atoms with Gasteiger partial charge in [-0.1, -0.05) is 6.07 Å². The highest BCUT2D eigenvalue weighted by atomic mass is 16.6. The minimum absolute atomic E-state index is 0.00764. The number of nitro benzene ring substituents is 1. The van der Waals surface area contributed by atoms with E-state index in [1.54, 1.807) is 19.2 Å². The number of piperazine rings is 1. The first kappa shape index (κ1) is 15.4. The third kappa shape index (κ3) is 3.99. The molecule has 1 aromatic rings. The van der Waals surface area contributed by atoms with Crippen LogP contribution in [0.2, 0.25) is 0 Å². The Balaban J connectivity index is 1.99. The number of hydrogen-bond donors (Lipinski definition) is 0. The van der Waals surface area contributed by atoms with Crippen molar-refractivity contribution in [1.82, 2.24) is 9.80 Å². The average Bonchev–Trinajstić information content (AvgIpc) is 2.49. The summed E-state index contributed by atoms with van der Waals surface area (Å²) in [5, 5.41) is 10.8. The molecule has 7 heteroatoms. The second-order valence-corrected chi connectivity index (χ2v) is 5.31. The molecule has 21 heavy (non-hydrogen) atoms. The molecule has 0 atom stereocenters. The van der Waals surface area contributed by atoms with Gasteiger partial charge in [0, 0.05) is 45.4 Å². The minimum Gasteiger partial charge on any atom is -0.314 e. The SMILES string of the molecule is CN1CCN(CC(=O)N(C)c2cccc([N+](=O)[O-])c2)CC1. The summed E-state index contributed by atoms with van der Waals surface area (Å²) < 4.78 is 0. The zero-order valence-electron chi connectivity index (χ0n) is 12.4. The third-order valence-electron chi connectivity index (χ3n) is 3.76. The number of benzene rings is 1. The van der Waals surface area contributed by atoms with E-state index in [0.717, 1.165) is 26.2 Å². The van der Waals surface area contributed by atoms with E-state index in [9.17, 15) is 14.9 Å². The van der Waals surface area contributed by atoms with Crippen LogP contribution in [0.4, 0.5) is 11.4 Å². The number of carbonyl (C=O) groups excluding carboxylic acids is 1. The molecule has 0 aromatic heterocycles. The maximum Gasteiger partial charge on any atom is 0.271 e. The quantitative estimate of drug-likeness (QED) is 0.606. The van der Waals surface area contributed by atoms with Gasteiger partial charge in [-0.25, -0.2) is 0 Å². The summed E-state index contributed by atoms with van der Waals surface area (Å²) in [7, 11) is 3.71. The van der Waals surface area contributed by atoms with E-state index in [4.69, 9.17) is 0 Å². The van der Waals surface area contributed by atoms with Gasteiger partial charge in [0.1, 0.15) is 0 Å². The standard InChI is InChI=1S/C14H20N4O3/c1-15-6-8-17(9-7-15)11-14(19)16(2)12-4-3-5-13(10-12)18(20)21/h3-5,10H,6-9,11H2,1-2H3. The van der Waals surface area contributed by atoms with Crippen LogP contribution in [0.15, 0.2) is 24.3 Å². The van der Waals surface area contributed by atoms with Crippen LogP contribution in [0.1, 0.15) is 0 Å². The van der Waals surface area contributed by atoms with Gasteiger partial charge in [0.05, 0.1) is 17.2 Å². The van der Waals surface area contributed by atoms with Crippen LogP contribution >= 0.6 is 0 Å². The maximum atomic E-state index is 12.3. The number of rotatable bonds is 4. The van der Waals surface area contributed by atoms with Crippen molar-refractivity contribution in [3.63, 3.8) is 0 Å². The molecule has 1 fully saturated rings. The Kier molecular flexibility index (Phi) is 4.87.